The summed E-state index contributed by atoms with van der Waals surface area (Å²) in [6.45, 7) is 1.94. The number of fused-ring (bicyclic) bond motifs is 3. The van der Waals surface area contributed by atoms with Crippen LogP contribution in [0.2, 0.25) is 0 Å². The molecule has 0 spiro atoms. The lowest BCUT2D eigenvalue weighted by molar-refractivity contribution is 0.0672. The minimum absolute atomic E-state index is 0. The molecule has 2 atom stereocenters. The predicted octanol–water partition coefficient (Wildman–Crippen LogP) is 2.75. The van der Waals surface area contributed by atoms with Crippen LogP contribution in [0.4, 0.5) is 0 Å². The van der Waals surface area contributed by atoms with Gasteiger partial charge in [-0.05, 0) is 57.2 Å². The van der Waals surface area contributed by atoms with Gasteiger partial charge in [-0.25, -0.2) is 4.68 Å². The Hall–Kier alpha value is -1.85. The highest BCUT2D eigenvalue weighted by molar-refractivity contribution is 5.95. The Balaban J connectivity index is 0.00000168. The van der Waals surface area contributed by atoms with E-state index in [0.29, 0.717) is 17.8 Å². The van der Waals surface area contributed by atoms with Crippen molar-refractivity contribution >= 4 is 18.3 Å². The molecular formula is C20H25ClN4O. The van der Waals surface area contributed by atoms with E-state index < -0.39 is 0 Å². The first kappa shape index (κ1) is 17.6. The average molecular weight is 373 g/mol. The number of amides is 1. The maximum Gasteiger partial charge on any atom is 0.275 e. The van der Waals surface area contributed by atoms with E-state index >= 15 is 0 Å². The van der Waals surface area contributed by atoms with E-state index in [1.165, 1.54) is 11.3 Å². The molecule has 1 aromatic heterocycles. The summed E-state index contributed by atoms with van der Waals surface area (Å²) in [5, 5.41) is 8.29. The number of hydrogen-bond donors (Lipinski definition) is 1. The van der Waals surface area contributed by atoms with Crippen LogP contribution in [0.5, 0.6) is 0 Å². The predicted molar refractivity (Wildman–Crippen MR) is 103 cm³/mol. The number of nitrogens with one attached hydrogen (secondary N) is 1. The molecule has 2 bridgehead atoms. The van der Waals surface area contributed by atoms with Crippen molar-refractivity contribution in [2.24, 2.45) is 0 Å². The number of hydrogen-bond acceptors (Lipinski definition) is 3. The number of para-hydroxylation sites is 1. The summed E-state index contributed by atoms with van der Waals surface area (Å²) in [4.78, 5) is 15.6. The third kappa shape index (κ3) is 2.74. The fourth-order valence-corrected chi connectivity index (χ4v) is 4.83. The molecule has 2 aliphatic heterocycles. The van der Waals surface area contributed by atoms with Gasteiger partial charge in [0.2, 0.25) is 0 Å². The Labute approximate surface area is 160 Å². The first-order valence-electron chi connectivity index (χ1n) is 9.52. The number of rotatable bonds is 2. The van der Waals surface area contributed by atoms with Gasteiger partial charge in [-0.1, -0.05) is 18.2 Å². The maximum atomic E-state index is 13.4. The Morgan fingerprint density at radius 1 is 1.08 bits per heavy atom. The molecular weight excluding hydrogens is 348 g/mol. The van der Waals surface area contributed by atoms with Crippen molar-refractivity contribution in [2.45, 2.75) is 50.6 Å². The molecule has 5 rings (SSSR count). The normalized spacial score (nSPS) is 24.1. The van der Waals surface area contributed by atoms with Crippen LogP contribution in [0.1, 0.15) is 47.4 Å². The number of nitrogens with zero attached hydrogens (tertiary/aromatic N) is 3. The van der Waals surface area contributed by atoms with Crippen LogP contribution in [-0.4, -0.2) is 45.8 Å². The number of carbonyl (C=O) groups is 1. The molecule has 3 aliphatic rings. The summed E-state index contributed by atoms with van der Waals surface area (Å²) in [5.74, 6) is 0.157. The van der Waals surface area contributed by atoms with Crippen LogP contribution >= 0.6 is 12.4 Å². The topological polar surface area (TPSA) is 50.2 Å². The van der Waals surface area contributed by atoms with Crippen LogP contribution in [0.3, 0.4) is 0 Å². The largest absolute Gasteiger partial charge is 0.330 e. The summed E-state index contributed by atoms with van der Waals surface area (Å²) >= 11 is 0. The molecule has 2 unspecified atom stereocenters. The average Bonchev–Trinajstić information content (AvgIpc) is 3.28. The Kier molecular flexibility index (Phi) is 4.76. The third-order valence-corrected chi connectivity index (χ3v) is 6.02. The highest BCUT2D eigenvalue weighted by Crippen LogP contribution is 2.33. The van der Waals surface area contributed by atoms with Gasteiger partial charge in [-0.3, -0.25) is 4.79 Å². The Bertz CT molecular complexity index is 790. The highest BCUT2D eigenvalue weighted by atomic mass is 35.5. The van der Waals surface area contributed by atoms with Crippen LogP contribution < -0.4 is 5.32 Å². The van der Waals surface area contributed by atoms with Crippen molar-refractivity contribution in [3.63, 3.8) is 0 Å². The van der Waals surface area contributed by atoms with E-state index in [1.54, 1.807) is 0 Å². The van der Waals surface area contributed by atoms with E-state index in [-0.39, 0.29) is 18.3 Å². The van der Waals surface area contributed by atoms with Gasteiger partial charge < -0.3 is 10.2 Å². The van der Waals surface area contributed by atoms with E-state index in [2.05, 4.69) is 22.3 Å². The van der Waals surface area contributed by atoms with Gasteiger partial charge in [0.25, 0.3) is 5.91 Å². The van der Waals surface area contributed by atoms with Gasteiger partial charge in [0, 0.05) is 29.9 Å². The second kappa shape index (κ2) is 7.05. The minimum Gasteiger partial charge on any atom is -0.330 e. The van der Waals surface area contributed by atoms with Gasteiger partial charge in [0.15, 0.2) is 5.69 Å². The second-order valence-electron chi connectivity index (χ2n) is 7.46. The van der Waals surface area contributed by atoms with Crippen molar-refractivity contribution in [3.8, 4) is 5.69 Å². The van der Waals surface area contributed by atoms with Crippen LogP contribution in [-0.2, 0) is 12.8 Å². The number of aromatic nitrogens is 2. The first-order chi connectivity index (χ1) is 12.3. The molecule has 1 N–H and O–H groups in total. The molecule has 1 amide bonds. The second-order valence-corrected chi connectivity index (χ2v) is 7.46. The van der Waals surface area contributed by atoms with Gasteiger partial charge in [-0.2, -0.15) is 5.10 Å². The summed E-state index contributed by atoms with van der Waals surface area (Å²) in [7, 11) is 0. The van der Waals surface area contributed by atoms with Crippen LogP contribution in [0, 0.1) is 0 Å². The van der Waals surface area contributed by atoms with Crippen molar-refractivity contribution < 1.29 is 4.79 Å². The molecule has 2 saturated heterocycles. The molecule has 6 heteroatoms. The lowest BCUT2D eigenvalue weighted by atomic mass is 10.1. The number of benzene rings is 1. The molecule has 0 saturated carbocycles. The summed E-state index contributed by atoms with van der Waals surface area (Å²) < 4.78 is 2.01. The third-order valence-electron chi connectivity index (χ3n) is 6.02. The Morgan fingerprint density at radius 2 is 1.88 bits per heavy atom. The first-order valence-corrected chi connectivity index (χ1v) is 9.52. The van der Waals surface area contributed by atoms with E-state index in [1.807, 2.05) is 22.9 Å². The smallest absolute Gasteiger partial charge is 0.275 e. The monoisotopic (exact) mass is 372 g/mol. The number of carbonyl (C=O) groups excluding carboxylic acids is 1. The fourth-order valence-electron chi connectivity index (χ4n) is 4.83. The van der Waals surface area contributed by atoms with Crippen LogP contribution in [0.25, 0.3) is 5.69 Å². The lowest BCUT2D eigenvalue weighted by Crippen LogP contribution is -2.43. The molecule has 0 radical (unpaired) electrons. The Morgan fingerprint density at radius 3 is 2.73 bits per heavy atom. The van der Waals surface area contributed by atoms with Gasteiger partial charge in [0.1, 0.15) is 0 Å². The summed E-state index contributed by atoms with van der Waals surface area (Å²) in [5.41, 5.74) is 4.18. The van der Waals surface area contributed by atoms with Gasteiger partial charge in [0.05, 0.1) is 5.69 Å². The van der Waals surface area contributed by atoms with Crippen molar-refractivity contribution in [3.05, 3.63) is 47.3 Å². The molecule has 2 fully saturated rings. The van der Waals surface area contributed by atoms with Crippen molar-refractivity contribution in [1.29, 1.82) is 0 Å². The standard InChI is InChI=1S/C20H24N4O.ClH/c25-20(23-14-9-10-16(23)13-21-12-11-14)19-17-7-4-8-18(17)24(22-19)15-5-2-1-3-6-15;/h1-3,5-6,14,16,21H,4,7-13H2;1H. The minimum atomic E-state index is 0. The van der Waals surface area contributed by atoms with E-state index in [0.717, 1.165) is 57.3 Å². The quantitative estimate of drug-likeness (QED) is 0.881. The maximum absolute atomic E-state index is 13.4. The fraction of sp³-hybridized carbons (Fsp3) is 0.500. The van der Waals surface area contributed by atoms with Crippen molar-refractivity contribution in [2.75, 3.05) is 13.1 Å². The van der Waals surface area contributed by atoms with Gasteiger partial charge in [-0.15, -0.1) is 12.4 Å². The molecule has 3 heterocycles. The molecule has 138 valence electrons. The summed E-state index contributed by atoms with van der Waals surface area (Å²) in [6, 6.07) is 10.9. The van der Waals surface area contributed by atoms with Crippen LogP contribution in [0.15, 0.2) is 30.3 Å². The molecule has 1 aromatic carbocycles. The zero-order valence-electron chi connectivity index (χ0n) is 14.9. The zero-order chi connectivity index (χ0) is 16.8. The molecule has 1 aliphatic carbocycles. The van der Waals surface area contributed by atoms with E-state index in [9.17, 15) is 4.79 Å². The van der Waals surface area contributed by atoms with E-state index in [4.69, 9.17) is 5.10 Å². The van der Waals surface area contributed by atoms with Gasteiger partial charge >= 0.3 is 0 Å². The number of halogens is 1. The highest BCUT2D eigenvalue weighted by Gasteiger charge is 2.40. The molecule has 2 aromatic rings. The zero-order valence-corrected chi connectivity index (χ0v) is 15.7. The summed E-state index contributed by atoms with van der Waals surface area (Å²) in [6.07, 6.45) is 6.42. The molecule has 5 nitrogen and oxygen atoms in total. The lowest BCUT2D eigenvalue weighted by Gasteiger charge is -2.27. The molecule has 26 heavy (non-hydrogen) atoms. The SMILES string of the molecule is Cl.O=C(c1nn(-c2ccccc2)c2c1CCC2)N1C2CCNCC1CC2. The van der Waals surface area contributed by atoms with Crippen molar-refractivity contribution in [1.82, 2.24) is 20.0 Å².